The van der Waals surface area contributed by atoms with E-state index >= 15 is 0 Å². The first-order chi connectivity index (χ1) is 7.79. The van der Waals surface area contributed by atoms with Gasteiger partial charge in [-0.15, -0.1) is 0 Å². The molecular weight excluding hydrogens is 251 g/mol. The van der Waals surface area contributed by atoms with Gasteiger partial charge in [0.15, 0.2) is 0 Å². The Balaban J connectivity index is 2.44. The first-order valence-electron chi connectivity index (χ1n) is 4.70. The van der Waals surface area contributed by atoms with E-state index in [4.69, 9.17) is 0 Å². The molecule has 0 saturated carbocycles. The Morgan fingerprint density at radius 1 is 1.35 bits per heavy atom. The molecule has 1 aromatic carbocycles. The minimum absolute atomic E-state index is 0.0509. The lowest BCUT2D eigenvalue weighted by Crippen LogP contribution is -2.23. The Bertz CT molecular complexity index is 599. The second-order valence-corrected chi connectivity index (χ2v) is 5.84. The average molecular weight is 260 g/mol. The number of sulfonamides is 1. The maximum absolute atomic E-state index is 13.3. The fourth-order valence-corrected chi connectivity index (χ4v) is 2.50. The molecule has 1 aromatic rings. The first kappa shape index (κ1) is 11.9. The van der Waals surface area contributed by atoms with E-state index in [2.05, 4.69) is 0 Å². The monoisotopic (exact) mass is 260 g/mol. The van der Waals surface area contributed by atoms with Gasteiger partial charge in [0.25, 0.3) is 0 Å². The molecule has 0 N–H and O–H groups in total. The summed E-state index contributed by atoms with van der Waals surface area (Å²) in [4.78, 5) is 9.71. The highest BCUT2D eigenvalue weighted by Gasteiger charge is 2.29. The summed E-state index contributed by atoms with van der Waals surface area (Å²) < 4.78 is 37.1. The lowest BCUT2D eigenvalue weighted by molar-refractivity contribution is -0.387. The van der Waals surface area contributed by atoms with Crippen molar-refractivity contribution in [2.75, 3.05) is 6.26 Å². The fraction of sp³-hybridized carbons (Fsp3) is 0.333. The lowest BCUT2D eigenvalue weighted by atomic mass is 10.1. The molecule has 8 heteroatoms. The van der Waals surface area contributed by atoms with Crippen LogP contribution in [0.1, 0.15) is 11.1 Å². The highest BCUT2D eigenvalue weighted by atomic mass is 32.2. The van der Waals surface area contributed by atoms with Gasteiger partial charge in [0.1, 0.15) is 0 Å². The molecule has 6 nitrogen and oxygen atoms in total. The highest BCUT2D eigenvalue weighted by molar-refractivity contribution is 7.88. The molecule has 2 rings (SSSR count). The topological polar surface area (TPSA) is 80.5 Å². The Hall–Kier alpha value is -1.54. The number of halogens is 1. The van der Waals surface area contributed by atoms with Crippen molar-refractivity contribution in [3.63, 3.8) is 0 Å². The van der Waals surface area contributed by atoms with Crippen molar-refractivity contribution >= 4 is 15.7 Å². The third kappa shape index (κ3) is 2.13. The average Bonchev–Trinajstić information content (AvgIpc) is 2.58. The molecule has 0 aliphatic carbocycles. The van der Waals surface area contributed by atoms with Crippen LogP contribution < -0.4 is 0 Å². The third-order valence-corrected chi connectivity index (χ3v) is 3.82. The molecule has 92 valence electrons. The van der Waals surface area contributed by atoms with Crippen LogP contribution in [0.25, 0.3) is 0 Å². The van der Waals surface area contributed by atoms with Gasteiger partial charge in [0.05, 0.1) is 11.2 Å². The Kier molecular flexibility index (Phi) is 2.63. The van der Waals surface area contributed by atoms with Crippen LogP contribution in [0.3, 0.4) is 0 Å². The van der Waals surface area contributed by atoms with E-state index < -0.39 is 26.5 Å². The van der Waals surface area contributed by atoms with Crippen LogP contribution in [0, 0.1) is 15.9 Å². The molecular formula is C9H9FN2O4S. The van der Waals surface area contributed by atoms with Crippen LogP contribution in [0.15, 0.2) is 12.1 Å². The summed E-state index contributed by atoms with van der Waals surface area (Å²) in [5.74, 6) is -0.941. The number of nitro groups is 1. The molecule has 0 atom stereocenters. The standard InChI is InChI=1S/C9H9FN2O4S/c1-17(15,16)11-4-6-2-8(10)9(12(13)14)3-7(6)5-11/h2-3H,4-5H2,1H3. The quantitative estimate of drug-likeness (QED) is 0.587. The predicted molar refractivity (Wildman–Crippen MR) is 57.1 cm³/mol. The summed E-state index contributed by atoms with van der Waals surface area (Å²) in [5.41, 5.74) is 0.321. The van der Waals surface area contributed by atoms with Crippen molar-refractivity contribution < 1.29 is 17.7 Å². The number of hydrogen-bond donors (Lipinski definition) is 0. The van der Waals surface area contributed by atoms with Gasteiger partial charge in [-0.25, -0.2) is 8.42 Å². The van der Waals surface area contributed by atoms with Gasteiger partial charge in [-0.3, -0.25) is 10.1 Å². The number of fused-ring (bicyclic) bond motifs is 1. The summed E-state index contributed by atoms with van der Waals surface area (Å²) in [6.45, 7) is 0.109. The molecule has 17 heavy (non-hydrogen) atoms. The van der Waals surface area contributed by atoms with E-state index in [0.29, 0.717) is 11.1 Å². The van der Waals surface area contributed by atoms with Crippen molar-refractivity contribution in [1.82, 2.24) is 4.31 Å². The van der Waals surface area contributed by atoms with E-state index in [1.54, 1.807) is 0 Å². The van der Waals surface area contributed by atoms with Crippen LogP contribution in [-0.4, -0.2) is 23.9 Å². The van der Waals surface area contributed by atoms with Gasteiger partial charge in [0, 0.05) is 19.2 Å². The summed E-state index contributed by atoms with van der Waals surface area (Å²) in [5, 5.41) is 10.5. The van der Waals surface area contributed by atoms with Gasteiger partial charge in [0.2, 0.25) is 15.8 Å². The van der Waals surface area contributed by atoms with Crippen molar-refractivity contribution in [2.24, 2.45) is 0 Å². The van der Waals surface area contributed by atoms with E-state index in [1.165, 1.54) is 0 Å². The van der Waals surface area contributed by atoms with E-state index in [1.807, 2.05) is 0 Å². The number of rotatable bonds is 2. The maximum Gasteiger partial charge on any atom is 0.305 e. The van der Waals surface area contributed by atoms with Crippen LogP contribution in [0.4, 0.5) is 10.1 Å². The first-order valence-corrected chi connectivity index (χ1v) is 6.54. The molecule has 0 radical (unpaired) electrons. The predicted octanol–water partition coefficient (Wildman–Crippen LogP) is 1.01. The van der Waals surface area contributed by atoms with Crippen LogP contribution in [-0.2, 0) is 23.1 Å². The normalized spacial score (nSPS) is 15.9. The lowest BCUT2D eigenvalue weighted by Gasteiger charge is -2.10. The number of nitro benzene ring substituents is 1. The van der Waals surface area contributed by atoms with Crippen molar-refractivity contribution in [3.05, 3.63) is 39.2 Å². The second kappa shape index (κ2) is 3.74. The van der Waals surface area contributed by atoms with Gasteiger partial charge >= 0.3 is 5.69 Å². The van der Waals surface area contributed by atoms with Gasteiger partial charge in [-0.2, -0.15) is 8.70 Å². The van der Waals surface area contributed by atoms with Gasteiger partial charge in [-0.05, 0) is 17.2 Å². The molecule has 1 aliphatic rings. The van der Waals surface area contributed by atoms with Crippen LogP contribution in [0.5, 0.6) is 0 Å². The van der Waals surface area contributed by atoms with E-state index in [-0.39, 0.29) is 13.1 Å². The second-order valence-electron chi connectivity index (χ2n) is 3.86. The Labute approximate surface area is 96.9 Å². The summed E-state index contributed by atoms with van der Waals surface area (Å²) in [6, 6.07) is 2.12. The number of hydrogen-bond acceptors (Lipinski definition) is 4. The zero-order valence-corrected chi connectivity index (χ0v) is 9.70. The molecule has 0 unspecified atom stereocenters. The van der Waals surface area contributed by atoms with Gasteiger partial charge in [-0.1, -0.05) is 0 Å². The minimum Gasteiger partial charge on any atom is -0.258 e. The van der Waals surface area contributed by atoms with Crippen LogP contribution >= 0.6 is 0 Å². The molecule has 0 amide bonds. The SMILES string of the molecule is CS(=O)(=O)N1Cc2cc(F)c([N+](=O)[O-])cc2C1. The molecule has 0 saturated heterocycles. The molecule has 0 spiro atoms. The highest BCUT2D eigenvalue weighted by Crippen LogP contribution is 2.30. The van der Waals surface area contributed by atoms with Crippen molar-refractivity contribution in [1.29, 1.82) is 0 Å². The molecule has 1 heterocycles. The molecule has 0 aromatic heterocycles. The zero-order valence-electron chi connectivity index (χ0n) is 8.88. The van der Waals surface area contributed by atoms with Crippen molar-refractivity contribution in [2.45, 2.75) is 13.1 Å². The van der Waals surface area contributed by atoms with E-state index in [9.17, 15) is 22.9 Å². The zero-order chi connectivity index (χ0) is 12.8. The maximum atomic E-state index is 13.3. The van der Waals surface area contributed by atoms with E-state index in [0.717, 1.165) is 22.7 Å². The largest absolute Gasteiger partial charge is 0.305 e. The van der Waals surface area contributed by atoms with Crippen molar-refractivity contribution in [3.8, 4) is 0 Å². The van der Waals surface area contributed by atoms with Crippen LogP contribution in [0.2, 0.25) is 0 Å². The fourth-order valence-electron chi connectivity index (χ4n) is 1.75. The Morgan fingerprint density at radius 3 is 2.35 bits per heavy atom. The smallest absolute Gasteiger partial charge is 0.258 e. The van der Waals surface area contributed by atoms with Gasteiger partial charge < -0.3 is 0 Å². The molecule has 0 fully saturated rings. The molecule has 1 aliphatic heterocycles. The Morgan fingerprint density at radius 2 is 1.88 bits per heavy atom. The number of benzene rings is 1. The summed E-state index contributed by atoms with van der Waals surface area (Å²) in [7, 11) is -3.38. The number of nitrogens with zero attached hydrogens (tertiary/aromatic N) is 2. The summed E-state index contributed by atoms with van der Waals surface area (Å²) >= 11 is 0. The molecule has 0 bridgehead atoms. The minimum atomic E-state index is -3.38. The summed E-state index contributed by atoms with van der Waals surface area (Å²) in [6.07, 6.45) is 1.05. The third-order valence-electron chi connectivity index (χ3n) is 2.63.